The summed E-state index contributed by atoms with van der Waals surface area (Å²) in [6.45, 7) is 5.04. The van der Waals surface area contributed by atoms with Gasteiger partial charge in [-0.3, -0.25) is 4.57 Å². The normalized spacial score (nSPS) is 16.0. The van der Waals surface area contributed by atoms with Gasteiger partial charge < -0.3 is 24.4 Å². The molecule has 0 spiro atoms. The molecule has 1 unspecified atom stereocenters. The molecule has 0 bridgehead atoms. The summed E-state index contributed by atoms with van der Waals surface area (Å²) in [5.74, 6) is 1.66. The monoisotopic (exact) mass is 503 g/mol. The van der Waals surface area contributed by atoms with Crippen LogP contribution in [0.5, 0.6) is 17.2 Å². The molecule has 0 amide bonds. The molecule has 1 atom stereocenters. The van der Waals surface area contributed by atoms with Crippen LogP contribution < -0.4 is 14.8 Å². The number of rotatable bonds is 16. The number of benzene rings is 2. The Morgan fingerprint density at radius 3 is 2.49 bits per heavy atom. The molecule has 0 heterocycles. The summed E-state index contributed by atoms with van der Waals surface area (Å²) >= 11 is 0. The third-order valence-electron chi connectivity index (χ3n) is 6.45. The van der Waals surface area contributed by atoms with Crippen molar-refractivity contribution in [3.05, 3.63) is 54.1 Å². The van der Waals surface area contributed by atoms with Gasteiger partial charge in [0.25, 0.3) is 0 Å². The van der Waals surface area contributed by atoms with Crippen molar-refractivity contribution < 1.29 is 23.7 Å². The molecule has 2 aromatic carbocycles. The second kappa shape index (κ2) is 15.2. The molecule has 3 rings (SSSR count). The minimum Gasteiger partial charge on any atom is -0.508 e. The first kappa shape index (κ1) is 27.6. The zero-order valence-corrected chi connectivity index (χ0v) is 22.0. The molecule has 0 radical (unpaired) electrons. The molecule has 1 saturated carbocycles. The SMILES string of the molecule is CCCCOP(=O)(COc1ccc(CCNCCCOc2cccc(O)c2)cc1)C1CCCCC1. The third-order valence-corrected chi connectivity index (χ3v) is 9.19. The van der Waals surface area contributed by atoms with E-state index in [1.54, 1.807) is 18.2 Å². The quantitative estimate of drug-likeness (QED) is 0.195. The van der Waals surface area contributed by atoms with Crippen molar-refractivity contribution in [1.29, 1.82) is 0 Å². The van der Waals surface area contributed by atoms with Crippen LogP contribution in [0, 0.1) is 0 Å². The molecule has 2 N–H and O–H groups in total. The lowest BCUT2D eigenvalue weighted by Gasteiger charge is -2.30. The van der Waals surface area contributed by atoms with E-state index in [0.29, 0.717) is 19.0 Å². The van der Waals surface area contributed by atoms with Crippen LogP contribution in [0.25, 0.3) is 0 Å². The molecular weight excluding hydrogens is 461 g/mol. The molecule has 35 heavy (non-hydrogen) atoms. The Bertz CT molecular complexity index is 898. The van der Waals surface area contributed by atoms with Gasteiger partial charge in [-0.1, -0.05) is 50.8 Å². The van der Waals surface area contributed by atoms with E-state index >= 15 is 0 Å². The zero-order valence-electron chi connectivity index (χ0n) is 21.1. The second-order valence-corrected chi connectivity index (χ2v) is 12.0. The van der Waals surface area contributed by atoms with E-state index in [0.717, 1.165) is 70.2 Å². The maximum Gasteiger partial charge on any atom is 0.242 e. The number of nitrogens with one attached hydrogen (secondary N) is 1. The largest absolute Gasteiger partial charge is 0.508 e. The van der Waals surface area contributed by atoms with E-state index in [1.165, 1.54) is 12.0 Å². The lowest BCUT2D eigenvalue weighted by molar-refractivity contribution is 0.263. The highest BCUT2D eigenvalue weighted by molar-refractivity contribution is 7.59. The maximum atomic E-state index is 13.7. The van der Waals surface area contributed by atoms with Crippen LogP contribution in [0.2, 0.25) is 0 Å². The average Bonchev–Trinajstić information content (AvgIpc) is 2.88. The van der Waals surface area contributed by atoms with Crippen molar-refractivity contribution in [3.63, 3.8) is 0 Å². The smallest absolute Gasteiger partial charge is 0.242 e. The standard InChI is InChI=1S/C28H42NO5P/c1-2-3-21-34-35(31,28-11-5-4-6-12-28)23-33-26-15-13-24(14-16-26)17-19-29-18-8-20-32-27-10-7-9-25(30)22-27/h7,9-10,13-16,22,28-30H,2-6,8,11-12,17-21,23H2,1H3. The van der Waals surface area contributed by atoms with E-state index in [-0.39, 0.29) is 17.8 Å². The lowest BCUT2D eigenvalue weighted by Crippen LogP contribution is -2.20. The average molecular weight is 504 g/mol. The van der Waals surface area contributed by atoms with Gasteiger partial charge in [0.1, 0.15) is 17.2 Å². The highest BCUT2D eigenvalue weighted by atomic mass is 31.2. The fourth-order valence-corrected chi connectivity index (χ4v) is 6.74. The molecule has 7 heteroatoms. The molecule has 1 aliphatic rings. The summed E-state index contributed by atoms with van der Waals surface area (Å²) in [4.78, 5) is 0. The summed E-state index contributed by atoms with van der Waals surface area (Å²) in [7, 11) is -2.81. The van der Waals surface area contributed by atoms with E-state index in [9.17, 15) is 9.67 Å². The van der Waals surface area contributed by atoms with Crippen molar-refractivity contribution >= 4 is 7.37 Å². The van der Waals surface area contributed by atoms with Crippen LogP contribution in [-0.4, -0.2) is 43.4 Å². The van der Waals surface area contributed by atoms with Gasteiger partial charge in [0.05, 0.1) is 13.2 Å². The Labute approximate surface area is 210 Å². The van der Waals surface area contributed by atoms with E-state index in [2.05, 4.69) is 24.4 Å². The molecule has 6 nitrogen and oxygen atoms in total. The number of phenols is 1. The molecular formula is C28H42NO5P. The predicted molar refractivity (Wildman–Crippen MR) is 142 cm³/mol. The van der Waals surface area contributed by atoms with Crippen molar-refractivity contribution in [2.24, 2.45) is 0 Å². The number of phenolic OH excluding ortho intramolecular Hbond substituents is 1. The molecule has 194 valence electrons. The maximum absolute atomic E-state index is 13.7. The van der Waals surface area contributed by atoms with Crippen molar-refractivity contribution in [2.45, 2.75) is 70.4 Å². The van der Waals surface area contributed by atoms with Gasteiger partial charge in [0, 0.05) is 11.7 Å². The summed E-state index contributed by atoms with van der Waals surface area (Å²) < 4.78 is 31.3. The van der Waals surface area contributed by atoms with Crippen molar-refractivity contribution in [1.82, 2.24) is 5.32 Å². The second-order valence-electron chi connectivity index (χ2n) is 9.32. The molecule has 1 aliphatic carbocycles. The van der Waals surface area contributed by atoms with Crippen molar-refractivity contribution in [2.75, 3.05) is 32.7 Å². The van der Waals surface area contributed by atoms with Crippen LogP contribution in [0.3, 0.4) is 0 Å². The van der Waals surface area contributed by atoms with Crippen LogP contribution >= 0.6 is 7.37 Å². The summed E-state index contributed by atoms with van der Waals surface area (Å²) in [5.41, 5.74) is 1.37. The number of aromatic hydroxyl groups is 1. The summed E-state index contributed by atoms with van der Waals surface area (Å²) in [5, 5.41) is 12.9. The van der Waals surface area contributed by atoms with Crippen LogP contribution in [-0.2, 0) is 15.5 Å². The van der Waals surface area contributed by atoms with Gasteiger partial charge in [-0.25, -0.2) is 0 Å². The molecule has 0 saturated heterocycles. The fourth-order valence-electron chi connectivity index (χ4n) is 4.32. The number of ether oxygens (including phenoxy) is 2. The Morgan fingerprint density at radius 2 is 1.74 bits per heavy atom. The Morgan fingerprint density at radius 1 is 0.943 bits per heavy atom. The van der Waals surface area contributed by atoms with Gasteiger partial charge in [-0.2, -0.15) is 0 Å². The lowest BCUT2D eigenvalue weighted by atomic mass is 10.0. The topological polar surface area (TPSA) is 77.0 Å². The van der Waals surface area contributed by atoms with Gasteiger partial charge in [0.15, 0.2) is 6.35 Å². The van der Waals surface area contributed by atoms with Gasteiger partial charge in [0.2, 0.25) is 7.37 Å². The molecule has 0 aliphatic heterocycles. The summed E-state index contributed by atoms with van der Waals surface area (Å²) in [6.07, 6.45) is 9.44. The Balaban J connectivity index is 1.35. The van der Waals surface area contributed by atoms with Gasteiger partial charge in [-0.05, 0) is 75.0 Å². The van der Waals surface area contributed by atoms with E-state index in [1.807, 2.05) is 18.2 Å². The predicted octanol–water partition coefficient (Wildman–Crippen LogP) is 6.76. The first-order valence-electron chi connectivity index (χ1n) is 13.2. The minimum atomic E-state index is -2.81. The number of unbranched alkanes of at least 4 members (excludes halogenated alkanes) is 1. The first-order valence-corrected chi connectivity index (χ1v) is 15.0. The number of hydrogen-bond donors (Lipinski definition) is 2. The zero-order chi connectivity index (χ0) is 24.8. The molecule has 2 aromatic rings. The molecule has 0 aromatic heterocycles. The fraction of sp³-hybridized carbons (Fsp3) is 0.571. The van der Waals surface area contributed by atoms with E-state index in [4.69, 9.17) is 14.0 Å². The highest BCUT2D eigenvalue weighted by Crippen LogP contribution is 2.56. The van der Waals surface area contributed by atoms with Crippen LogP contribution in [0.15, 0.2) is 48.5 Å². The highest BCUT2D eigenvalue weighted by Gasteiger charge is 2.36. The van der Waals surface area contributed by atoms with Crippen LogP contribution in [0.4, 0.5) is 0 Å². The third kappa shape index (κ3) is 9.87. The van der Waals surface area contributed by atoms with Gasteiger partial charge in [-0.15, -0.1) is 0 Å². The Hall–Kier alpha value is -2.01. The van der Waals surface area contributed by atoms with Crippen LogP contribution in [0.1, 0.15) is 63.9 Å². The van der Waals surface area contributed by atoms with Crippen molar-refractivity contribution in [3.8, 4) is 17.2 Å². The van der Waals surface area contributed by atoms with E-state index < -0.39 is 7.37 Å². The first-order chi connectivity index (χ1) is 17.1. The molecule has 1 fully saturated rings. The summed E-state index contributed by atoms with van der Waals surface area (Å²) in [6, 6.07) is 15.0. The number of hydrogen-bond acceptors (Lipinski definition) is 6. The minimum absolute atomic E-state index is 0.142. The van der Waals surface area contributed by atoms with Gasteiger partial charge >= 0.3 is 0 Å². The Kier molecular flexibility index (Phi) is 12.0.